The van der Waals surface area contributed by atoms with Gasteiger partial charge < -0.3 is 29.9 Å². The molecule has 0 spiro atoms. The lowest BCUT2D eigenvalue weighted by molar-refractivity contribution is -0.137. The van der Waals surface area contributed by atoms with Crippen molar-refractivity contribution in [1.82, 2.24) is 10.2 Å². The molecule has 1 heterocycles. The van der Waals surface area contributed by atoms with Crippen LogP contribution in [0.1, 0.15) is 126 Å². The van der Waals surface area contributed by atoms with Crippen molar-refractivity contribution in [3.8, 4) is 11.5 Å². The summed E-state index contributed by atoms with van der Waals surface area (Å²) < 4.78 is 11.8. The molecule has 1 aliphatic carbocycles. The Hall–Kier alpha value is -2.91. The fourth-order valence-electron chi connectivity index (χ4n) is 6.44. The minimum atomic E-state index is -1.11. The van der Waals surface area contributed by atoms with Gasteiger partial charge in [0, 0.05) is 36.2 Å². The van der Waals surface area contributed by atoms with Gasteiger partial charge in [-0.3, -0.25) is 14.4 Å². The van der Waals surface area contributed by atoms with E-state index >= 15 is 0 Å². The maximum absolute atomic E-state index is 13.8. The molecule has 0 unspecified atom stereocenters. The van der Waals surface area contributed by atoms with E-state index in [1.165, 1.54) is 45.6 Å². The maximum Gasteiger partial charge on any atom is 0.247 e. The molecule has 44 heavy (non-hydrogen) atoms. The number of hydrogen-bond acceptors (Lipinski definition) is 7. The lowest BCUT2D eigenvalue weighted by Crippen LogP contribution is -2.56. The van der Waals surface area contributed by atoms with E-state index in [2.05, 4.69) is 19.2 Å². The van der Waals surface area contributed by atoms with Crippen LogP contribution in [0.15, 0.2) is 23.8 Å². The van der Waals surface area contributed by atoms with Gasteiger partial charge in [-0.05, 0) is 31.1 Å². The lowest BCUT2D eigenvalue weighted by Gasteiger charge is -2.41. The Labute approximate surface area is 263 Å². The number of unbranched alkanes of at least 4 members (excludes halogenated alkanes) is 11. The number of aldehydes is 1. The van der Waals surface area contributed by atoms with E-state index in [1.807, 2.05) is 0 Å². The monoisotopic (exact) mass is 614 g/mol. The van der Waals surface area contributed by atoms with Gasteiger partial charge in [-0.15, -0.1) is 0 Å². The van der Waals surface area contributed by atoms with Crippen LogP contribution < -0.4 is 14.8 Å². The highest BCUT2D eigenvalue weighted by atomic mass is 16.5. The fraction of sp³-hybridized carbons (Fsp3) is 0.686. The molecule has 4 atom stereocenters. The average Bonchev–Trinajstić information content (AvgIpc) is 3.43. The second-order valence-corrected chi connectivity index (χ2v) is 12.1. The molecule has 246 valence electrons. The van der Waals surface area contributed by atoms with Crippen molar-refractivity contribution in [3.05, 3.63) is 34.9 Å². The minimum Gasteiger partial charge on any atom is -0.493 e. The van der Waals surface area contributed by atoms with E-state index in [1.54, 1.807) is 23.1 Å². The van der Waals surface area contributed by atoms with Gasteiger partial charge in [-0.2, -0.15) is 0 Å². The first-order valence-electron chi connectivity index (χ1n) is 16.8. The third-order valence-corrected chi connectivity index (χ3v) is 8.84. The van der Waals surface area contributed by atoms with Crippen LogP contribution in [-0.4, -0.2) is 78.3 Å². The van der Waals surface area contributed by atoms with E-state index in [4.69, 9.17) is 9.47 Å². The van der Waals surface area contributed by atoms with Crippen LogP contribution in [0.25, 0.3) is 0 Å². The molecule has 3 rings (SSSR count). The van der Waals surface area contributed by atoms with Crippen molar-refractivity contribution < 1.29 is 34.1 Å². The van der Waals surface area contributed by atoms with Crippen molar-refractivity contribution in [2.24, 2.45) is 0 Å². The summed E-state index contributed by atoms with van der Waals surface area (Å²) in [6.45, 7) is 4.67. The molecular weight excluding hydrogens is 560 g/mol. The molecule has 1 aromatic rings. The van der Waals surface area contributed by atoms with E-state index in [9.17, 15) is 24.6 Å². The Morgan fingerprint density at radius 3 is 2.23 bits per heavy atom. The van der Waals surface area contributed by atoms with Crippen molar-refractivity contribution >= 4 is 18.1 Å². The summed E-state index contributed by atoms with van der Waals surface area (Å²) in [4.78, 5) is 40.7. The zero-order valence-corrected chi connectivity index (χ0v) is 27.0. The number of carbonyl (C=O) groups is 3. The highest BCUT2D eigenvalue weighted by molar-refractivity contribution is 5.96. The summed E-state index contributed by atoms with van der Waals surface area (Å²) in [5.41, 5.74) is 1.29. The van der Waals surface area contributed by atoms with Crippen molar-refractivity contribution in [1.29, 1.82) is 0 Å². The standard InChI is InChI=1S/C35H54N2O7/c1-4-6-8-10-11-12-13-14-15-17-30(40)37(19-16-9-7-5-2)28-23-27(35(42)36-18-20-38)31-26-21-25(24-39)22-29(43-3)33(26)44-34(31)32(28)41/h21-24,28,31-32,34,38,41H,4-20H2,1-3H3,(H,36,42)/t28-,31+,32+,34+/m1/s1. The number of rotatable bonds is 21. The van der Waals surface area contributed by atoms with E-state index < -0.39 is 30.1 Å². The first kappa shape index (κ1) is 35.6. The highest BCUT2D eigenvalue weighted by Crippen LogP contribution is 2.51. The Balaban J connectivity index is 1.84. The van der Waals surface area contributed by atoms with Gasteiger partial charge in [0.1, 0.15) is 18.5 Å². The largest absolute Gasteiger partial charge is 0.493 e. The van der Waals surface area contributed by atoms with Gasteiger partial charge in [-0.1, -0.05) is 84.5 Å². The molecule has 2 amide bonds. The minimum absolute atomic E-state index is 0.0327. The van der Waals surface area contributed by atoms with Crippen molar-refractivity contribution in [3.63, 3.8) is 0 Å². The van der Waals surface area contributed by atoms with E-state index in [-0.39, 0.29) is 19.1 Å². The Morgan fingerprint density at radius 2 is 1.61 bits per heavy atom. The Kier molecular flexibility index (Phi) is 15.2. The number of fused-ring (bicyclic) bond motifs is 3. The number of hydrogen-bond donors (Lipinski definition) is 3. The van der Waals surface area contributed by atoms with Crippen molar-refractivity contribution in [2.75, 3.05) is 26.8 Å². The van der Waals surface area contributed by atoms with Gasteiger partial charge in [0.15, 0.2) is 11.5 Å². The highest BCUT2D eigenvalue weighted by Gasteiger charge is 2.51. The molecule has 0 radical (unpaired) electrons. The number of carbonyl (C=O) groups excluding carboxylic acids is 3. The van der Waals surface area contributed by atoms with Crippen LogP contribution in [-0.2, 0) is 9.59 Å². The van der Waals surface area contributed by atoms with Gasteiger partial charge in [-0.25, -0.2) is 0 Å². The molecular formula is C35H54N2O7. The molecule has 1 aliphatic heterocycles. The number of nitrogens with zero attached hydrogens (tertiary/aromatic N) is 1. The van der Waals surface area contributed by atoms with E-state index in [0.29, 0.717) is 47.5 Å². The smallest absolute Gasteiger partial charge is 0.247 e. The number of ether oxygens (including phenoxy) is 2. The maximum atomic E-state index is 13.8. The normalized spacial score (nSPS) is 20.2. The van der Waals surface area contributed by atoms with Crippen LogP contribution >= 0.6 is 0 Å². The third-order valence-electron chi connectivity index (χ3n) is 8.84. The van der Waals surface area contributed by atoms with Gasteiger partial charge in [0.25, 0.3) is 0 Å². The average molecular weight is 615 g/mol. The molecule has 9 nitrogen and oxygen atoms in total. The van der Waals surface area contributed by atoms with Gasteiger partial charge >= 0.3 is 0 Å². The third kappa shape index (κ3) is 9.30. The van der Waals surface area contributed by atoms with Gasteiger partial charge in [0.2, 0.25) is 11.8 Å². The molecule has 1 aromatic carbocycles. The zero-order chi connectivity index (χ0) is 31.9. The zero-order valence-electron chi connectivity index (χ0n) is 27.0. The summed E-state index contributed by atoms with van der Waals surface area (Å²) in [7, 11) is 1.47. The van der Waals surface area contributed by atoms with Crippen LogP contribution in [0, 0.1) is 0 Å². The van der Waals surface area contributed by atoms with Crippen LogP contribution in [0.5, 0.6) is 11.5 Å². The number of nitrogens with one attached hydrogen (secondary N) is 1. The summed E-state index contributed by atoms with van der Waals surface area (Å²) in [5, 5.41) is 23.9. The number of aliphatic hydroxyl groups is 2. The molecule has 3 N–H and O–H groups in total. The van der Waals surface area contributed by atoms with E-state index in [0.717, 1.165) is 44.9 Å². The number of aliphatic hydroxyl groups excluding tert-OH is 2. The number of amides is 2. The van der Waals surface area contributed by atoms with Crippen LogP contribution in [0.2, 0.25) is 0 Å². The molecule has 2 aliphatic rings. The second-order valence-electron chi connectivity index (χ2n) is 12.1. The summed E-state index contributed by atoms with van der Waals surface area (Å²) >= 11 is 0. The second kappa shape index (κ2) is 18.8. The first-order chi connectivity index (χ1) is 21.4. The fourth-order valence-corrected chi connectivity index (χ4v) is 6.44. The topological polar surface area (TPSA) is 125 Å². The van der Waals surface area contributed by atoms with Crippen LogP contribution in [0.3, 0.4) is 0 Å². The molecule has 0 bridgehead atoms. The Bertz CT molecular complexity index is 1100. The molecule has 0 saturated carbocycles. The van der Waals surface area contributed by atoms with Crippen LogP contribution in [0.4, 0.5) is 0 Å². The SMILES string of the molecule is CCCCCCCCCCCC(=O)N(CCCCCC)[C@@H]1C=C(C(=O)NCCO)[C@@H]2c3cc(C=O)cc(OC)c3O[C@@H]2[C@H]1O. The quantitative estimate of drug-likeness (QED) is 0.124. The summed E-state index contributed by atoms with van der Waals surface area (Å²) in [6, 6.07) is 2.47. The van der Waals surface area contributed by atoms with Gasteiger partial charge in [0.05, 0.1) is 25.7 Å². The molecule has 0 fully saturated rings. The first-order valence-corrected chi connectivity index (χ1v) is 16.8. The number of methoxy groups -OCH3 is 1. The summed E-state index contributed by atoms with van der Waals surface area (Å²) in [5.74, 6) is -0.386. The molecule has 9 heteroatoms. The molecule has 0 aromatic heterocycles. The lowest BCUT2D eigenvalue weighted by atomic mass is 9.77. The predicted octanol–water partition coefficient (Wildman–Crippen LogP) is 5.46. The molecule has 0 saturated heterocycles. The summed E-state index contributed by atoms with van der Waals surface area (Å²) in [6.07, 6.45) is 15.1. The number of benzene rings is 1. The Morgan fingerprint density at radius 1 is 0.977 bits per heavy atom. The predicted molar refractivity (Wildman–Crippen MR) is 171 cm³/mol. The van der Waals surface area contributed by atoms with Crippen molar-refractivity contribution in [2.45, 2.75) is 128 Å².